The minimum Gasteiger partial charge on any atom is -0.497 e. The van der Waals surface area contributed by atoms with E-state index < -0.39 is 16.1 Å². The zero-order valence-corrected chi connectivity index (χ0v) is 24.4. The van der Waals surface area contributed by atoms with Crippen molar-refractivity contribution in [1.29, 1.82) is 0 Å². The van der Waals surface area contributed by atoms with Crippen molar-refractivity contribution in [2.75, 3.05) is 7.11 Å². The van der Waals surface area contributed by atoms with Crippen molar-refractivity contribution in [2.45, 2.75) is 51.1 Å². The smallest absolute Gasteiger partial charge is 0.301 e. The van der Waals surface area contributed by atoms with Crippen LogP contribution >= 0.6 is 23.2 Å². The molecule has 1 aliphatic rings. The molecule has 0 radical (unpaired) electrons. The molecule has 1 saturated carbocycles. The zero-order chi connectivity index (χ0) is 28.7. The van der Waals surface area contributed by atoms with Crippen molar-refractivity contribution in [3.63, 3.8) is 0 Å². The number of methoxy groups -OCH3 is 1. The molecule has 0 bridgehead atoms. The number of aryl methyl sites for hydroxylation is 1. The topological polar surface area (TPSA) is 106 Å². The van der Waals surface area contributed by atoms with Gasteiger partial charge in [0, 0.05) is 18.2 Å². The molecule has 0 saturated heterocycles. The van der Waals surface area contributed by atoms with Crippen molar-refractivity contribution in [1.82, 2.24) is 14.0 Å². The van der Waals surface area contributed by atoms with Crippen LogP contribution in [0.25, 0.3) is 12.2 Å². The molecule has 40 heavy (non-hydrogen) atoms. The average Bonchev–Trinajstić information content (AvgIpc) is 2.94. The van der Waals surface area contributed by atoms with Crippen LogP contribution in [0.15, 0.2) is 59.4 Å². The Balaban J connectivity index is 1.44. The number of nitrogens with one attached hydrogen (secondary N) is 2. The maximum Gasteiger partial charge on any atom is 0.301 e. The third kappa shape index (κ3) is 7.97. The highest BCUT2D eigenvalue weighted by atomic mass is 35.5. The van der Waals surface area contributed by atoms with Crippen LogP contribution in [0.5, 0.6) is 5.75 Å². The van der Waals surface area contributed by atoms with Crippen LogP contribution in [-0.2, 0) is 23.2 Å². The predicted octanol–water partition coefficient (Wildman–Crippen LogP) is 5.47. The number of ether oxygens (including phenoxy) is 1. The lowest BCUT2D eigenvalue weighted by Crippen LogP contribution is -2.45. The Kier molecular flexibility index (Phi) is 10.1. The number of carbonyl (C=O) groups is 1. The molecule has 2 aromatic carbocycles. The fourth-order valence-electron chi connectivity index (χ4n) is 4.64. The molecule has 1 heterocycles. The summed E-state index contributed by atoms with van der Waals surface area (Å²) >= 11 is 12.6. The Morgan fingerprint density at radius 1 is 1.02 bits per heavy atom. The lowest BCUT2D eigenvalue weighted by molar-refractivity contribution is 0.0981. The standard InChI is InChI=1S/C29H31Cl2N3O5S/c1-39-24-9-5-6-21(18-24)12-15-27-25(30)19-26(31)29(36)34(27)17-16-20-10-13-22(14-11-20)28(35)33-40(37,38)32-23-7-3-2-4-8-23/h5-6,9-15,18-19,23,32H,2-4,7-8,16-17H2,1H3,(H,33,35). The third-order valence-electron chi connectivity index (χ3n) is 6.76. The summed E-state index contributed by atoms with van der Waals surface area (Å²) in [6, 6.07) is 15.3. The van der Waals surface area contributed by atoms with Gasteiger partial charge in [0.1, 0.15) is 10.8 Å². The van der Waals surface area contributed by atoms with Gasteiger partial charge in [0.15, 0.2) is 0 Å². The molecular formula is C29H31Cl2N3O5S. The van der Waals surface area contributed by atoms with Gasteiger partial charge in [0.05, 0.1) is 17.8 Å². The lowest BCUT2D eigenvalue weighted by Gasteiger charge is -2.22. The summed E-state index contributed by atoms with van der Waals surface area (Å²) in [6.07, 6.45) is 8.60. The van der Waals surface area contributed by atoms with Crippen molar-refractivity contribution in [3.8, 4) is 5.75 Å². The number of nitrogens with zero attached hydrogens (tertiary/aromatic N) is 1. The van der Waals surface area contributed by atoms with Gasteiger partial charge in [-0.25, -0.2) is 4.72 Å². The van der Waals surface area contributed by atoms with Crippen LogP contribution in [0, 0.1) is 0 Å². The van der Waals surface area contributed by atoms with Crippen LogP contribution in [0.3, 0.4) is 0 Å². The normalized spacial score (nSPS) is 14.4. The average molecular weight is 605 g/mol. The maximum atomic E-state index is 12.9. The summed E-state index contributed by atoms with van der Waals surface area (Å²) in [7, 11) is -2.37. The van der Waals surface area contributed by atoms with Crippen molar-refractivity contribution in [2.24, 2.45) is 0 Å². The molecular weight excluding hydrogens is 573 g/mol. The first-order valence-corrected chi connectivity index (χ1v) is 15.2. The Morgan fingerprint density at radius 3 is 2.45 bits per heavy atom. The van der Waals surface area contributed by atoms with E-state index in [1.165, 1.54) is 10.6 Å². The van der Waals surface area contributed by atoms with Gasteiger partial charge in [-0.1, -0.05) is 72.8 Å². The number of halogens is 2. The van der Waals surface area contributed by atoms with Gasteiger partial charge in [0.2, 0.25) is 0 Å². The molecule has 1 fully saturated rings. The molecule has 11 heteroatoms. The van der Waals surface area contributed by atoms with Gasteiger partial charge in [-0.15, -0.1) is 0 Å². The van der Waals surface area contributed by atoms with Gasteiger partial charge >= 0.3 is 10.2 Å². The fourth-order valence-corrected chi connectivity index (χ4v) is 6.28. The number of rotatable bonds is 10. The molecule has 8 nitrogen and oxygen atoms in total. The first-order chi connectivity index (χ1) is 19.1. The second-order valence-corrected chi connectivity index (χ2v) is 11.9. The van der Waals surface area contributed by atoms with E-state index in [9.17, 15) is 18.0 Å². The summed E-state index contributed by atoms with van der Waals surface area (Å²) in [6.45, 7) is 0.280. The Bertz CT molecular complexity index is 1550. The molecule has 3 aromatic rings. The fraction of sp³-hybridized carbons (Fsp3) is 0.310. The first-order valence-electron chi connectivity index (χ1n) is 13.0. The van der Waals surface area contributed by atoms with Crippen molar-refractivity contribution in [3.05, 3.63) is 97.4 Å². The minimum atomic E-state index is -3.96. The first kappa shape index (κ1) is 29.9. The van der Waals surface area contributed by atoms with E-state index in [1.807, 2.05) is 30.3 Å². The number of hydrogen-bond acceptors (Lipinski definition) is 5. The molecule has 0 spiro atoms. The highest BCUT2D eigenvalue weighted by Crippen LogP contribution is 2.22. The summed E-state index contributed by atoms with van der Waals surface area (Å²) in [5.41, 5.74) is 2.05. The summed E-state index contributed by atoms with van der Waals surface area (Å²) in [4.78, 5) is 25.5. The largest absolute Gasteiger partial charge is 0.497 e. The Morgan fingerprint density at radius 2 is 1.75 bits per heavy atom. The molecule has 4 rings (SSSR count). The van der Waals surface area contributed by atoms with Crippen LogP contribution in [0.1, 0.15) is 59.3 Å². The van der Waals surface area contributed by atoms with E-state index in [2.05, 4.69) is 9.44 Å². The summed E-state index contributed by atoms with van der Waals surface area (Å²) < 4.78 is 36.2. The van der Waals surface area contributed by atoms with Crippen molar-refractivity contribution >= 4 is 51.5 Å². The van der Waals surface area contributed by atoms with E-state index in [4.69, 9.17) is 27.9 Å². The second-order valence-electron chi connectivity index (χ2n) is 9.63. The minimum absolute atomic E-state index is 0.0126. The van der Waals surface area contributed by atoms with Gasteiger partial charge < -0.3 is 9.30 Å². The number of hydrogen-bond donors (Lipinski definition) is 2. The van der Waals surface area contributed by atoms with Crippen LogP contribution in [0.4, 0.5) is 0 Å². The van der Waals surface area contributed by atoms with Gasteiger partial charge in [-0.05, 0) is 66.8 Å². The highest BCUT2D eigenvalue weighted by molar-refractivity contribution is 7.88. The molecule has 1 amide bonds. The maximum absolute atomic E-state index is 12.9. The number of carbonyl (C=O) groups excluding carboxylic acids is 1. The van der Waals surface area contributed by atoms with Gasteiger partial charge in [-0.3, -0.25) is 9.59 Å². The van der Waals surface area contributed by atoms with Crippen LogP contribution < -0.4 is 19.7 Å². The molecule has 0 unspecified atom stereocenters. The molecule has 1 aliphatic carbocycles. The third-order valence-corrected chi connectivity index (χ3v) is 8.43. The van der Waals surface area contributed by atoms with Crippen LogP contribution in [-0.4, -0.2) is 32.0 Å². The van der Waals surface area contributed by atoms with Crippen molar-refractivity contribution < 1.29 is 17.9 Å². The Hall–Kier alpha value is -3.11. The van der Waals surface area contributed by atoms with E-state index in [0.29, 0.717) is 22.9 Å². The second kappa shape index (κ2) is 13.5. The molecule has 2 N–H and O–H groups in total. The molecule has 212 valence electrons. The van der Waals surface area contributed by atoms with E-state index in [0.717, 1.165) is 43.2 Å². The Labute approximate surface area is 244 Å². The van der Waals surface area contributed by atoms with E-state index in [1.54, 1.807) is 37.5 Å². The quantitative estimate of drug-likeness (QED) is 0.319. The molecule has 0 aliphatic heterocycles. The lowest BCUT2D eigenvalue weighted by atomic mass is 9.96. The predicted molar refractivity (Wildman–Crippen MR) is 159 cm³/mol. The molecule has 1 aromatic heterocycles. The summed E-state index contributed by atoms with van der Waals surface area (Å²) in [5.74, 6) is -0.00498. The van der Waals surface area contributed by atoms with Gasteiger partial charge in [0.25, 0.3) is 11.5 Å². The SMILES string of the molecule is COc1cccc(C=Cc2c(Cl)cc(Cl)c(=O)n2CCc2ccc(C(=O)NS(=O)(=O)NC3CCCCC3)cc2)c1. The zero-order valence-electron chi connectivity index (χ0n) is 22.0. The summed E-state index contributed by atoms with van der Waals surface area (Å²) in [5, 5.41) is 0.345. The van der Waals surface area contributed by atoms with Crippen LogP contribution in [0.2, 0.25) is 10.0 Å². The molecule has 0 atom stereocenters. The monoisotopic (exact) mass is 603 g/mol. The number of benzene rings is 2. The highest BCUT2D eigenvalue weighted by Gasteiger charge is 2.22. The van der Waals surface area contributed by atoms with E-state index in [-0.39, 0.29) is 28.7 Å². The number of pyridine rings is 1. The number of amides is 1. The van der Waals surface area contributed by atoms with E-state index >= 15 is 0 Å². The number of aromatic nitrogens is 1. The van der Waals surface area contributed by atoms with Gasteiger partial charge in [-0.2, -0.15) is 13.1 Å².